The van der Waals surface area contributed by atoms with Crippen molar-refractivity contribution >= 4 is 11.1 Å². The molecule has 2 aromatic rings. The Morgan fingerprint density at radius 1 is 1.50 bits per heavy atom. The summed E-state index contributed by atoms with van der Waals surface area (Å²) in [6.45, 7) is -0.782. The zero-order chi connectivity index (χ0) is 11.9. The lowest BCUT2D eigenvalue weighted by molar-refractivity contribution is 0.00601. The van der Waals surface area contributed by atoms with Gasteiger partial charge in [0, 0.05) is 12.6 Å². The Balaban J connectivity index is 2.66. The van der Waals surface area contributed by atoms with Crippen LogP contribution in [0.25, 0.3) is 11.1 Å². The van der Waals surface area contributed by atoms with Gasteiger partial charge in [0.1, 0.15) is 0 Å². The summed E-state index contributed by atoms with van der Waals surface area (Å²) in [4.78, 5) is 11.2. The minimum atomic E-state index is -3.11. The second-order valence-corrected chi connectivity index (χ2v) is 3.52. The largest absolute Gasteiger partial charge is 0.419 e. The molecule has 0 radical (unpaired) electrons. The molecule has 0 aliphatic heterocycles. The van der Waals surface area contributed by atoms with Gasteiger partial charge >= 0.3 is 5.76 Å². The van der Waals surface area contributed by atoms with Crippen LogP contribution in [-0.4, -0.2) is 11.1 Å². The third-order valence-electron chi connectivity index (χ3n) is 2.47. The maximum atomic E-state index is 13.3. The van der Waals surface area contributed by atoms with Crippen LogP contribution in [0.5, 0.6) is 0 Å². The number of benzene rings is 1. The summed E-state index contributed by atoms with van der Waals surface area (Å²) in [5.74, 6) is -3.69. The molecule has 0 aliphatic carbocycles. The van der Waals surface area contributed by atoms with E-state index in [0.717, 1.165) is 6.07 Å². The number of rotatable bonds is 2. The van der Waals surface area contributed by atoms with E-state index >= 15 is 0 Å². The minimum Gasteiger partial charge on any atom is -0.408 e. The highest BCUT2D eigenvalue weighted by Crippen LogP contribution is 2.28. The van der Waals surface area contributed by atoms with Crippen LogP contribution in [0.15, 0.2) is 27.4 Å². The fourth-order valence-electron chi connectivity index (χ4n) is 1.48. The molecule has 0 unspecified atom stereocenters. The third-order valence-corrected chi connectivity index (χ3v) is 2.47. The molecule has 0 aliphatic rings. The number of nitrogens with zero attached hydrogens (tertiary/aromatic N) is 1. The number of nitrogens with two attached hydrogens (primary N) is 1. The number of oxazole rings is 1. The average molecular weight is 228 g/mol. The molecule has 0 saturated carbocycles. The molecule has 16 heavy (non-hydrogen) atoms. The lowest BCUT2D eigenvalue weighted by Gasteiger charge is -2.13. The summed E-state index contributed by atoms with van der Waals surface area (Å²) in [5, 5.41) is 0. The van der Waals surface area contributed by atoms with Crippen molar-refractivity contribution in [3.63, 3.8) is 0 Å². The van der Waals surface area contributed by atoms with Crippen LogP contribution in [0.3, 0.4) is 0 Å². The number of aromatic nitrogens is 1. The molecule has 0 amide bonds. The number of hydrogen-bond donors (Lipinski definition) is 1. The Morgan fingerprint density at radius 3 is 2.81 bits per heavy atom. The summed E-state index contributed by atoms with van der Waals surface area (Å²) < 4.78 is 32.6. The zero-order valence-corrected chi connectivity index (χ0v) is 8.54. The Labute approximate surface area is 89.3 Å². The highest BCUT2D eigenvalue weighted by Gasteiger charge is 2.30. The fourth-order valence-corrected chi connectivity index (χ4v) is 1.48. The minimum absolute atomic E-state index is 0.137. The molecule has 2 rings (SSSR count). The molecule has 86 valence electrons. The molecule has 0 fully saturated rings. The van der Waals surface area contributed by atoms with E-state index in [2.05, 4.69) is 0 Å². The van der Waals surface area contributed by atoms with Gasteiger partial charge in [0.05, 0.1) is 12.1 Å². The molecule has 0 saturated heterocycles. The fraction of sp³-hybridized carbons (Fsp3) is 0.300. The van der Waals surface area contributed by atoms with E-state index < -0.39 is 18.2 Å². The molecule has 6 heteroatoms. The van der Waals surface area contributed by atoms with Crippen molar-refractivity contribution in [2.24, 2.45) is 12.8 Å². The van der Waals surface area contributed by atoms with E-state index in [1.165, 1.54) is 23.7 Å². The first kappa shape index (κ1) is 10.8. The number of fused-ring (bicyclic) bond motifs is 1. The van der Waals surface area contributed by atoms with Crippen molar-refractivity contribution in [3.05, 3.63) is 34.3 Å². The molecule has 1 aromatic carbocycles. The Kier molecular flexibility index (Phi) is 2.31. The summed E-state index contributed by atoms with van der Waals surface area (Å²) in [6.07, 6.45) is 0. The van der Waals surface area contributed by atoms with Crippen molar-refractivity contribution in [2.75, 3.05) is 6.54 Å². The van der Waals surface area contributed by atoms with Gasteiger partial charge in [-0.2, -0.15) is 8.78 Å². The van der Waals surface area contributed by atoms with Crippen LogP contribution in [0.1, 0.15) is 5.56 Å². The van der Waals surface area contributed by atoms with Crippen molar-refractivity contribution < 1.29 is 13.2 Å². The molecule has 2 N–H and O–H groups in total. The molecule has 1 heterocycles. The van der Waals surface area contributed by atoms with Gasteiger partial charge in [-0.25, -0.2) is 4.79 Å². The molecular formula is C10H10F2N2O2. The number of aryl methyl sites for hydroxylation is 1. The lowest BCUT2D eigenvalue weighted by Crippen LogP contribution is -2.24. The van der Waals surface area contributed by atoms with Crippen LogP contribution in [0.2, 0.25) is 0 Å². The summed E-state index contributed by atoms with van der Waals surface area (Å²) in [6, 6.07) is 3.80. The van der Waals surface area contributed by atoms with E-state index in [-0.39, 0.29) is 11.1 Å². The van der Waals surface area contributed by atoms with Crippen LogP contribution >= 0.6 is 0 Å². The van der Waals surface area contributed by atoms with Crippen molar-refractivity contribution in [1.82, 2.24) is 4.57 Å². The quantitative estimate of drug-likeness (QED) is 0.839. The standard InChI is InChI=1S/C10H10F2N2O2/c1-14-7-3-2-6(10(11,12)5-13)4-8(7)16-9(14)15/h2-4H,5,13H2,1H3. The third kappa shape index (κ3) is 1.51. The highest BCUT2D eigenvalue weighted by atomic mass is 19.3. The van der Waals surface area contributed by atoms with E-state index in [9.17, 15) is 13.6 Å². The van der Waals surface area contributed by atoms with Gasteiger partial charge in [-0.1, -0.05) is 6.07 Å². The van der Waals surface area contributed by atoms with Gasteiger partial charge in [-0.3, -0.25) is 4.57 Å². The second-order valence-electron chi connectivity index (χ2n) is 3.52. The normalized spacial score (nSPS) is 12.2. The van der Waals surface area contributed by atoms with E-state index in [4.69, 9.17) is 10.2 Å². The van der Waals surface area contributed by atoms with E-state index in [1.54, 1.807) is 0 Å². The molecule has 1 aromatic heterocycles. The topological polar surface area (TPSA) is 61.2 Å². The summed E-state index contributed by atoms with van der Waals surface area (Å²) in [7, 11) is 1.51. The second kappa shape index (κ2) is 3.41. The van der Waals surface area contributed by atoms with Crippen LogP contribution < -0.4 is 11.5 Å². The Hall–Kier alpha value is -1.69. The van der Waals surface area contributed by atoms with Gasteiger partial charge in [-0.15, -0.1) is 0 Å². The number of hydrogen-bond acceptors (Lipinski definition) is 3. The summed E-state index contributed by atoms with van der Waals surface area (Å²) in [5.41, 5.74) is 5.33. The van der Waals surface area contributed by atoms with Crippen molar-refractivity contribution in [1.29, 1.82) is 0 Å². The SMILES string of the molecule is Cn1c(=O)oc2cc(C(F)(F)CN)ccc21. The molecule has 0 atom stereocenters. The highest BCUT2D eigenvalue weighted by molar-refractivity contribution is 5.73. The van der Waals surface area contributed by atoms with Gasteiger partial charge in [0.25, 0.3) is 5.92 Å². The molecular weight excluding hydrogens is 218 g/mol. The maximum absolute atomic E-state index is 13.3. The van der Waals surface area contributed by atoms with Crippen LogP contribution in [0, 0.1) is 0 Å². The first-order chi connectivity index (χ1) is 7.45. The predicted molar refractivity (Wildman–Crippen MR) is 54.4 cm³/mol. The van der Waals surface area contributed by atoms with Crippen LogP contribution in [-0.2, 0) is 13.0 Å². The van der Waals surface area contributed by atoms with Gasteiger partial charge in [0.15, 0.2) is 5.58 Å². The monoisotopic (exact) mass is 228 g/mol. The first-order valence-electron chi connectivity index (χ1n) is 4.63. The Bertz CT molecular complexity index is 586. The average Bonchev–Trinajstić information content (AvgIpc) is 2.54. The zero-order valence-electron chi connectivity index (χ0n) is 8.54. The smallest absolute Gasteiger partial charge is 0.408 e. The van der Waals surface area contributed by atoms with E-state index in [0.29, 0.717) is 5.52 Å². The van der Waals surface area contributed by atoms with E-state index in [1.807, 2.05) is 0 Å². The predicted octanol–water partition coefficient (Wildman–Crippen LogP) is 1.18. The van der Waals surface area contributed by atoms with Gasteiger partial charge < -0.3 is 10.2 Å². The molecule has 0 spiro atoms. The number of alkyl halides is 2. The number of halogens is 2. The van der Waals surface area contributed by atoms with Crippen molar-refractivity contribution in [2.45, 2.75) is 5.92 Å². The summed E-state index contributed by atoms with van der Waals surface area (Å²) >= 11 is 0. The first-order valence-corrected chi connectivity index (χ1v) is 4.63. The molecule has 4 nitrogen and oxygen atoms in total. The van der Waals surface area contributed by atoms with Crippen LogP contribution in [0.4, 0.5) is 8.78 Å². The Morgan fingerprint density at radius 2 is 2.19 bits per heavy atom. The molecule has 0 bridgehead atoms. The van der Waals surface area contributed by atoms with Gasteiger partial charge in [0.2, 0.25) is 0 Å². The van der Waals surface area contributed by atoms with Gasteiger partial charge in [-0.05, 0) is 12.1 Å². The lowest BCUT2D eigenvalue weighted by atomic mass is 10.1. The maximum Gasteiger partial charge on any atom is 0.419 e. The van der Waals surface area contributed by atoms with Crippen molar-refractivity contribution in [3.8, 4) is 0 Å².